The first-order valence-electron chi connectivity index (χ1n) is 8.00. The fourth-order valence-electron chi connectivity index (χ4n) is 3.06. The van der Waals surface area contributed by atoms with E-state index >= 15 is 0 Å². The lowest BCUT2D eigenvalue weighted by Crippen LogP contribution is -2.53. The molecular weight excluding hydrogens is 298 g/mol. The summed E-state index contributed by atoms with van der Waals surface area (Å²) in [5.74, 6) is 0.314. The summed E-state index contributed by atoms with van der Waals surface area (Å²) in [6.45, 7) is 9.31. The topological polar surface area (TPSA) is 79.1 Å². The Bertz CT molecular complexity index is 550. The number of rotatable bonds is 6. The van der Waals surface area contributed by atoms with Gasteiger partial charge in [-0.3, -0.25) is 15.0 Å². The largest absolute Gasteiger partial charge is 0.487 e. The molecule has 1 aliphatic heterocycles. The number of nitro benzene ring substituents is 1. The van der Waals surface area contributed by atoms with Crippen molar-refractivity contribution in [3.8, 4) is 5.75 Å². The van der Waals surface area contributed by atoms with Crippen molar-refractivity contribution in [2.24, 2.45) is 0 Å². The van der Waals surface area contributed by atoms with Gasteiger partial charge in [-0.05, 0) is 26.8 Å². The molecule has 1 N–H and O–H groups in total. The van der Waals surface area contributed by atoms with E-state index in [1.54, 1.807) is 19.1 Å². The summed E-state index contributed by atoms with van der Waals surface area (Å²) in [5, 5.41) is 20.6. The average molecular weight is 323 g/mol. The van der Waals surface area contributed by atoms with Crippen molar-refractivity contribution in [2.75, 3.05) is 37.7 Å². The minimum Gasteiger partial charge on any atom is -0.487 e. The van der Waals surface area contributed by atoms with Crippen LogP contribution in [0.2, 0.25) is 0 Å². The van der Waals surface area contributed by atoms with Gasteiger partial charge in [-0.1, -0.05) is 0 Å². The molecule has 1 aromatic carbocycles. The molecule has 0 radical (unpaired) electrons. The number of aliphatic hydroxyl groups is 1. The molecule has 23 heavy (non-hydrogen) atoms. The number of piperazine rings is 1. The van der Waals surface area contributed by atoms with Crippen LogP contribution in [0.15, 0.2) is 18.2 Å². The molecule has 128 valence electrons. The van der Waals surface area contributed by atoms with Crippen molar-refractivity contribution in [1.29, 1.82) is 0 Å². The predicted octanol–water partition coefficient (Wildman–Crippen LogP) is 1.88. The van der Waals surface area contributed by atoms with E-state index in [9.17, 15) is 15.2 Å². The van der Waals surface area contributed by atoms with Crippen molar-refractivity contribution in [3.05, 3.63) is 28.3 Å². The van der Waals surface area contributed by atoms with Crippen molar-refractivity contribution in [2.45, 2.75) is 32.9 Å². The number of anilines is 1. The van der Waals surface area contributed by atoms with Crippen molar-refractivity contribution < 1.29 is 14.8 Å². The highest BCUT2D eigenvalue weighted by Crippen LogP contribution is 2.33. The van der Waals surface area contributed by atoms with Gasteiger partial charge in [0.05, 0.1) is 17.6 Å². The van der Waals surface area contributed by atoms with Gasteiger partial charge in [0.25, 0.3) is 0 Å². The number of ether oxygens (including phenoxy) is 1. The zero-order chi connectivity index (χ0) is 17.0. The Morgan fingerprint density at radius 1 is 1.48 bits per heavy atom. The van der Waals surface area contributed by atoms with E-state index in [1.165, 1.54) is 6.07 Å². The van der Waals surface area contributed by atoms with Gasteiger partial charge >= 0.3 is 5.69 Å². The Morgan fingerprint density at radius 2 is 2.22 bits per heavy atom. The lowest BCUT2D eigenvalue weighted by molar-refractivity contribution is -0.385. The number of nitro groups is 1. The van der Waals surface area contributed by atoms with E-state index < -0.39 is 4.92 Å². The molecule has 1 aliphatic rings. The summed E-state index contributed by atoms with van der Waals surface area (Å²) < 4.78 is 5.43. The lowest BCUT2D eigenvalue weighted by atomic mass is 10.1. The highest BCUT2D eigenvalue weighted by molar-refractivity contribution is 5.60. The van der Waals surface area contributed by atoms with E-state index in [1.807, 2.05) is 6.92 Å². The van der Waals surface area contributed by atoms with Crippen LogP contribution in [0, 0.1) is 10.1 Å². The smallest absolute Gasteiger partial charge is 0.311 e. The van der Waals surface area contributed by atoms with Crippen LogP contribution in [0.5, 0.6) is 5.75 Å². The van der Waals surface area contributed by atoms with Crippen LogP contribution >= 0.6 is 0 Å². The van der Waals surface area contributed by atoms with Gasteiger partial charge in [0.15, 0.2) is 5.75 Å². The number of β-amino-alcohol motifs (C(OH)–C–C–N with tert-alkyl or cyclic N) is 1. The summed E-state index contributed by atoms with van der Waals surface area (Å²) in [5.41, 5.74) is 0.930. The molecule has 7 heteroatoms. The molecule has 0 saturated carbocycles. The molecule has 2 atom stereocenters. The Kier molecular flexibility index (Phi) is 5.79. The Morgan fingerprint density at radius 3 is 2.78 bits per heavy atom. The zero-order valence-corrected chi connectivity index (χ0v) is 13.9. The minimum absolute atomic E-state index is 0.00371. The minimum atomic E-state index is -0.418. The first-order chi connectivity index (χ1) is 10.9. The SMILES string of the molecule is CCOc1cc(N2CCN(CC(C)O)CC2C)ccc1[N+](=O)[O-]. The van der Waals surface area contributed by atoms with Gasteiger partial charge in [-0.15, -0.1) is 0 Å². The second-order valence-corrected chi connectivity index (χ2v) is 5.99. The molecule has 0 aliphatic carbocycles. The molecule has 0 spiro atoms. The van der Waals surface area contributed by atoms with Gasteiger partial charge in [0.2, 0.25) is 0 Å². The maximum atomic E-state index is 11.1. The van der Waals surface area contributed by atoms with E-state index in [0.717, 1.165) is 25.3 Å². The first kappa shape index (κ1) is 17.5. The quantitative estimate of drug-likeness (QED) is 0.636. The van der Waals surface area contributed by atoms with E-state index in [4.69, 9.17) is 4.74 Å². The van der Waals surface area contributed by atoms with Crippen LogP contribution in [0.25, 0.3) is 0 Å². The number of hydrogen-bond donors (Lipinski definition) is 1. The van der Waals surface area contributed by atoms with Crippen molar-refractivity contribution in [3.63, 3.8) is 0 Å². The second-order valence-electron chi connectivity index (χ2n) is 5.99. The molecule has 1 fully saturated rings. The average Bonchev–Trinajstić information content (AvgIpc) is 2.46. The lowest BCUT2D eigenvalue weighted by Gasteiger charge is -2.41. The molecule has 1 heterocycles. The molecule has 0 aromatic heterocycles. The van der Waals surface area contributed by atoms with Crippen LogP contribution in [-0.4, -0.2) is 59.9 Å². The molecule has 0 amide bonds. The normalized spacial score (nSPS) is 20.3. The predicted molar refractivity (Wildman–Crippen MR) is 89.2 cm³/mol. The third-order valence-electron chi connectivity index (χ3n) is 4.01. The van der Waals surface area contributed by atoms with Crippen LogP contribution < -0.4 is 9.64 Å². The van der Waals surface area contributed by atoms with Crippen LogP contribution in [0.3, 0.4) is 0 Å². The van der Waals surface area contributed by atoms with Crippen LogP contribution in [-0.2, 0) is 0 Å². The molecule has 0 bridgehead atoms. The Balaban J connectivity index is 2.15. The molecule has 2 rings (SSSR count). The van der Waals surface area contributed by atoms with Crippen molar-refractivity contribution >= 4 is 11.4 Å². The van der Waals surface area contributed by atoms with Gasteiger partial charge < -0.3 is 14.7 Å². The van der Waals surface area contributed by atoms with Crippen LogP contribution in [0.1, 0.15) is 20.8 Å². The third kappa shape index (κ3) is 4.33. The fraction of sp³-hybridized carbons (Fsp3) is 0.625. The maximum absolute atomic E-state index is 11.1. The standard InChI is InChI=1S/C16H25N3O4/c1-4-23-16-9-14(5-6-15(16)19(21)22)18-8-7-17(10-12(18)2)11-13(3)20/h5-6,9,12-13,20H,4,7-8,10-11H2,1-3H3. The van der Waals surface area contributed by atoms with E-state index in [-0.39, 0.29) is 17.8 Å². The fourth-order valence-corrected chi connectivity index (χ4v) is 3.06. The summed E-state index contributed by atoms with van der Waals surface area (Å²) in [6.07, 6.45) is -0.335. The van der Waals surface area contributed by atoms with Crippen molar-refractivity contribution in [1.82, 2.24) is 4.90 Å². The van der Waals surface area contributed by atoms with Gasteiger partial charge in [-0.25, -0.2) is 0 Å². The number of aliphatic hydroxyl groups excluding tert-OH is 1. The maximum Gasteiger partial charge on any atom is 0.311 e. The van der Waals surface area contributed by atoms with E-state index in [0.29, 0.717) is 18.9 Å². The highest BCUT2D eigenvalue weighted by atomic mass is 16.6. The molecule has 1 aromatic rings. The zero-order valence-electron chi connectivity index (χ0n) is 13.9. The summed E-state index contributed by atoms with van der Waals surface area (Å²) in [6, 6.07) is 5.30. The Labute approximate surface area is 136 Å². The first-order valence-corrected chi connectivity index (χ1v) is 8.00. The van der Waals surface area contributed by atoms with Gasteiger partial charge in [0.1, 0.15) is 0 Å². The number of nitrogens with zero attached hydrogens (tertiary/aromatic N) is 3. The molecular formula is C16H25N3O4. The molecule has 7 nitrogen and oxygen atoms in total. The molecule has 1 saturated heterocycles. The Hall–Kier alpha value is -1.86. The summed E-state index contributed by atoms with van der Waals surface area (Å²) in [4.78, 5) is 15.1. The monoisotopic (exact) mass is 323 g/mol. The summed E-state index contributed by atoms with van der Waals surface area (Å²) >= 11 is 0. The second kappa shape index (κ2) is 7.61. The highest BCUT2D eigenvalue weighted by Gasteiger charge is 2.26. The van der Waals surface area contributed by atoms with E-state index in [2.05, 4.69) is 16.7 Å². The summed E-state index contributed by atoms with van der Waals surface area (Å²) in [7, 11) is 0. The third-order valence-corrected chi connectivity index (χ3v) is 4.01. The number of hydrogen-bond acceptors (Lipinski definition) is 6. The number of benzene rings is 1. The molecule has 2 unspecified atom stereocenters. The van der Waals surface area contributed by atoms with Gasteiger partial charge in [-0.2, -0.15) is 0 Å². The van der Waals surface area contributed by atoms with Crippen LogP contribution in [0.4, 0.5) is 11.4 Å². The van der Waals surface area contributed by atoms with Gasteiger partial charge in [0, 0.05) is 50.0 Å².